The Hall–Kier alpha value is -0.550. The molecule has 88 valence electrons. The summed E-state index contributed by atoms with van der Waals surface area (Å²) in [5.74, 6) is 0. The molecule has 1 atom stereocenters. The first-order valence-electron chi connectivity index (χ1n) is 4.88. The van der Waals surface area contributed by atoms with Crippen molar-refractivity contribution in [2.45, 2.75) is 24.6 Å². The highest BCUT2D eigenvalue weighted by Crippen LogP contribution is 2.44. The van der Waals surface area contributed by atoms with Crippen molar-refractivity contribution in [1.82, 2.24) is 0 Å². The van der Waals surface area contributed by atoms with E-state index in [1.807, 2.05) is 0 Å². The molecule has 0 radical (unpaired) electrons. The van der Waals surface area contributed by atoms with Gasteiger partial charge in [-0.15, -0.1) is 0 Å². The third-order valence-electron chi connectivity index (χ3n) is 2.80. The Balaban J connectivity index is 2.16. The molecule has 5 heteroatoms. The largest absolute Gasteiger partial charge is 0.417 e. The van der Waals surface area contributed by atoms with Crippen molar-refractivity contribution in [1.29, 1.82) is 0 Å². The molecule has 1 unspecified atom stereocenters. The lowest BCUT2D eigenvalue weighted by molar-refractivity contribution is -0.324. The maximum absolute atomic E-state index is 12.8. The van der Waals surface area contributed by atoms with Gasteiger partial charge in [0.2, 0.25) is 0 Å². The van der Waals surface area contributed by atoms with Gasteiger partial charge in [-0.25, -0.2) is 0 Å². The van der Waals surface area contributed by atoms with Crippen molar-refractivity contribution in [3.8, 4) is 0 Å². The lowest BCUT2D eigenvalue weighted by Crippen LogP contribution is -2.57. The van der Waals surface area contributed by atoms with Crippen LogP contribution in [0.5, 0.6) is 0 Å². The Labute approximate surface area is 99.7 Å². The second kappa shape index (κ2) is 4.04. The standard InChI is InChI=1S/C11H10BrF3O/c12-9-3-1-8(2-4-9)7-10(5-6-16-10)11(13,14)15/h1-4H,5-7H2. The van der Waals surface area contributed by atoms with Crippen LogP contribution in [-0.4, -0.2) is 18.4 Å². The monoisotopic (exact) mass is 294 g/mol. The van der Waals surface area contributed by atoms with Crippen molar-refractivity contribution in [3.05, 3.63) is 34.3 Å². The number of hydrogen-bond acceptors (Lipinski definition) is 1. The maximum Gasteiger partial charge on any atom is 0.417 e. The zero-order valence-electron chi connectivity index (χ0n) is 8.35. The van der Waals surface area contributed by atoms with Crippen LogP contribution in [0.4, 0.5) is 13.2 Å². The van der Waals surface area contributed by atoms with Crippen LogP contribution in [0.15, 0.2) is 28.7 Å². The van der Waals surface area contributed by atoms with Crippen molar-refractivity contribution in [2.24, 2.45) is 0 Å². The molecule has 0 spiro atoms. The molecule has 1 aromatic rings. The first-order chi connectivity index (χ1) is 7.43. The number of benzene rings is 1. The lowest BCUT2D eigenvalue weighted by Gasteiger charge is -2.43. The molecule has 1 aromatic carbocycles. The maximum atomic E-state index is 12.8. The number of rotatable bonds is 2. The number of hydrogen-bond donors (Lipinski definition) is 0. The van der Waals surface area contributed by atoms with Crippen LogP contribution >= 0.6 is 15.9 Å². The zero-order valence-corrected chi connectivity index (χ0v) is 9.94. The summed E-state index contributed by atoms with van der Waals surface area (Å²) in [4.78, 5) is 0. The molecule has 1 fully saturated rings. The fourth-order valence-electron chi connectivity index (χ4n) is 1.74. The van der Waals surface area contributed by atoms with Crippen LogP contribution in [0.25, 0.3) is 0 Å². The smallest absolute Gasteiger partial charge is 0.365 e. The predicted octanol–water partition coefficient (Wildman–Crippen LogP) is 3.71. The Morgan fingerprint density at radius 2 is 1.81 bits per heavy atom. The first kappa shape index (κ1) is 11.9. The highest BCUT2D eigenvalue weighted by Gasteiger charge is 2.59. The van der Waals surface area contributed by atoms with Crippen LogP contribution in [0, 0.1) is 0 Å². The Bertz CT molecular complexity index is 368. The normalized spacial score (nSPS) is 25.2. The van der Waals surface area contributed by atoms with Gasteiger partial charge in [-0.2, -0.15) is 13.2 Å². The molecular weight excluding hydrogens is 285 g/mol. The van der Waals surface area contributed by atoms with Gasteiger partial charge in [-0.3, -0.25) is 0 Å². The molecule has 1 nitrogen and oxygen atoms in total. The third-order valence-corrected chi connectivity index (χ3v) is 3.33. The van der Waals surface area contributed by atoms with E-state index in [1.54, 1.807) is 24.3 Å². The summed E-state index contributed by atoms with van der Waals surface area (Å²) in [6.07, 6.45) is -4.35. The molecule has 1 saturated heterocycles. The van der Waals surface area contributed by atoms with E-state index in [2.05, 4.69) is 15.9 Å². The minimum Gasteiger partial charge on any atom is -0.365 e. The van der Waals surface area contributed by atoms with E-state index in [9.17, 15) is 13.2 Å². The van der Waals surface area contributed by atoms with Crippen molar-refractivity contribution in [3.63, 3.8) is 0 Å². The zero-order chi connectivity index (χ0) is 11.8. The van der Waals surface area contributed by atoms with Crippen LogP contribution < -0.4 is 0 Å². The van der Waals surface area contributed by atoms with Crippen molar-refractivity contribution < 1.29 is 17.9 Å². The average molecular weight is 295 g/mol. The SMILES string of the molecule is FC(F)(F)C1(Cc2ccc(Br)cc2)CCO1. The molecule has 1 aliphatic heterocycles. The third kappa shape index (κ3) is 2.11. The van der Waals surface area contributed by atoms with Gasteiger partial charge in [-0.05, 0) is 17.7 Å². The molecule has 0 N–H and O–H groups in total. The van der Waals surface area contributed by atoms with Crippen molar-refractivity contribution >= 4 is 15.9 Å². The number of alkyl halides is 3. The summed E-state index contributed by atoms with van der Waals surface area (Å²) in [5, 5.41) is 0. The van der Waals surface area contributed by atoms with Crippen molar-refractivity contribution in [2.75, 3.05) is 6.61 Å². The molecule has 16 heavy (non-hydrogen) atoms. The molecule has 0 saturated carbocycles. The van der Waals surface area contributed by atoms with Crippen LogP contribution in [0.3, 0.4) is 0 Å². The van der Waals surface area contributed by atoms with E-state index in [1.165, 1.54) is 0 Å². The summed E-state index contributed by atoms with van der Waals surface area (Å²) < 4.78 is 44.0. The average Bonchev–Trinajstić information content (AvgIpc) is 2.12. The van der Waals surface area contributed by atoms with Crippen LogP contribution in [-0.2, 0) is 11.2 Å². The summed E-state index contributed by atoms with van der Waals surface area (Å²) in [7, 11) is 0. The van der Waals surface area contributed by atoms with E-state index >= 15 is 0 Å². The van der Waals surface area contributed by atoms with Gasteiger partial charge in [-0.1, -0.05) is 28.1 Å². The number of ether oxygens (including phenoxy) is 1. The molecule has 1 heterocycles. The topological polar surface area (TPSA) is 9.23 Å². The van der Waals surface area contributed by atoms with E-state index in [0.717, 1.165) is 4.47 Å². The predicted molar refractivity (Wildman–Crippen MR) is 57.2 cm³/mol. The minimum absolute atomic E-state index is 0.0482. The molecule has 2 rings (SSSR count). The summed E-state index contributed by atoms with van der Waals surface area (Å²) >= 11 is 3.24. The fraction of sp³-hybridized carbons (Fsp3) is 0.455. The first-order valence-corrected chi connectivity index (χ1v) is 5.67. The van der Waals surface area contributed by atoms with Gasteiger partial charge in [0.05, 0.1) is 6.61 Å². The highest BCUT2D eigenvalue weighted by atomic mass is 79.9. The Kier molecular flexibility index (Phi) is 3.01. The second-order valence-electron chi connectivity index (χ2n) is 3.89. The number of halogens is 4. The minimum atomic E-state index is -4.29. The highest BCUT2D eigenvalue weighted by molar-refractivity contribution is 9.10. The lowest BCUT2D eigenvalue weighted by atomic mass is 9.87. The van der Waals surface area contributed by atoms with Gasteiger partial charge in [0.1, 0.15) is 0 Å². The van der Waals surface area contributed by atoms with Gasteiger partial charge >= 0.3 is 6.18 Å². The molecular formula is C11H10BrF3O. The van der Waals surface area contributed by atoms with E-state index in [-0.39, 0.29) is 19.4 Å². The Morgan fingerprint density at radius 1 is 1.25 bits per heavy atom. The molecule has 0 aromatic heterocycles. The van der Waals surface area contributed by atoms with Gasteiger partial charge < -0.3 is 4.74 Å². The second-order valence-corrected chi connectivity index (χ2v) is 4.81. The summed E-state index contributed by atoms with van der Waals surface area (Å²) in [6, 6.07) is 6.83. The van der Waals surface area contributed by atoms with Crippen LogP contribution in [0.1, 0.15) is 12.0 Å². The molecule has 0 bridgehead atoms. The van der Waals surface area contributed by atoms with E-state index < -0.39 is 11.8 Å². The van der Waals surface area contributed by atoms with Gasteiger partial charge in [0, 0.05) is 17.3 Å². The quantitative estimate of drug-likeness (QED) is 0.808. The van der Waals surface area contributed by atoms with Crippen LogP contribution in [0.2, 0.25) is 0 Å². The van der Waals surface area contributed by atoms with Gasteiger partial charge in [0.25, 0.3) is 0 Å². The molecule has 0 aliphatic carbocycles. The molecule has 0 amide bonds. The summed E-state index contributed by atoms with van der Waals surface area (Å²) in [5.41, 5.74) is -1.32. The fourth-order valence-corrected chi connectivity index (χ4v) is 2.01. The Morgan fingerprint density at radius 3 is 2.19 bits per heavy atom. The van der Waals surface area contributed by atoms with E-state index in [4.69, 9.17) is 4.74 Å². The van der Waals surface area contributed by atoms with Gasteiger partial charge in [0.15, 0.2) is 5.60 Å². The summed E-state index contributed by atoms with van der Waals surface area (Å²) in [6.45, 7) is 0.191. The molecule has 1 aliphatic rings. The van der Waals surface area contributed by atoms with E-state index in [0.29, 0.717) is 5.56 Å².